The molecule has 10 heteroatoms. The lowest BCUT2D eigenvalue weighted by molar-refractivity contribution is -0.117. The molecule has 0 bridgehead atoms. The first kappa shape index (κ1) is 16.5. The summed E-state index contributed by atoms with van der Waals surface area (Å²) in [6.45, 7) is 0.0262. The molecule has 2 aliphatic heterocycles. The average Bonchev–Trinajstić information content (AvgIpc) is 2.87. The maximum Gasteiger partial charge on any atom is 0.511 e. The molecule has 0 saturated carbocycles. The zero-order chi connectivity index (χ0) is 16.7. The van der Waals surface area contributed by atoms with Crippen LogP contribution in [0.15, 0.2) is 24.5 Å². The van der Waals surface area contributed by atoms with Crippen molar-refractivity contribution in [2.24, 2.45) is 5.92 Å². The number of alkyl halides is 3. The second-order valence-corrected chi connectivity index (χ2v) is 7.55. The molecule has 128 valence electrons. The minimum absolute atomic E-state index is 0.164. The number of sulfonamides is 1. The van der Waals surface area contributed by atoms with Crippen molar-refractivity contribution in [1.82, 2.24) is 9.29 Å². The summed E-state index contributed by atoms with van der Waals surface area (Å²) in [5.74, 6) is 0.385. The van der Waals surface area contributed by atoms with Gasteiger partial charge in [0.25, 0.3) is 0 Å². The van der Waals surface area contributed by atoms with Gasteiger partial charge in [0.2, 0.25) is 0 Å². The molecule has 1 aromatic heterocycles. The molecule has 2 aliphatic rings. The van der Waals surface area contributed by atoms with Crippen molar-refractivity contribution in [3.8, 4) is 5.75 Å². The smallest absolute Gasteiger partial charge is 0.492 e. The summed E-state index contributed by atoms with van der Waals surface area (Å²) in [4.78, 5) is 3.90. The lowest BCUT2D eigenvalue weighted by atomic mass is 9.83. The van der Waals surface area contributed by atoms with E-state index in [9.17, 15) is 21.6 Å². The van der Waals surface area contributed by atoms with E-state index in [-0.39, 0.29) is 25.6 Å². The first-order chi connectivity index (χ1) is 10.7. The molecule has 1 spiro atoms. The predicted molar refractivity (Wildman–Crippen MR) is 73.1 cm³/mol. The molecular weight excluding hydrogens is 337 g/mol. The van der Waals surface area contributed by atoms with Gasteiger partial charge in [-0.2, -0.15) is 17.5 Å². The van der Waals surface area contributed by atoms with Gasteiger partial charge in [-0.1, -0.05) is 0 Å². The van der Waals surface area contributed by atoms with Crippen molar-refractivity contribution < 1.29 is 31.1 Å². The van der Waals surface area contributed by atoms with Gasteiger partial charge in [-0.25, -0.2) is 8.42 Å². The van der Waals surface area contributed by atoms with Gasteiger partial charge in [0, 0.05) is 31.8 Å². The normalized spacial score (nSPS) is 24.6. The maximum absolute atomic E-state index is 12.5. The number of nitrogens with zero attached hydrogens (tertiary/aromatic N) is 2. The first-order valence-corrected chi connectivity index (χ1v) is 8.42. The molecule has 1 atom stereocenters. The van der Waals surface area contributed by atoms with Crippen molar-refractivity contribution in [2.75, 3.05) is 26.3 Å². The van der Waals surface area contributed by atoms with E-state index in [1.54, 1.807) is 18.3 Å². The molecule has 1 unspecified atom stereocenters. The Morgan fingerprint density at radius 2 is 2.17 bits per heavy atom. The Morgan fingerprint density at radius 3 is 2.78 bits per heavy atom. The fourth-order valence-corrected chi connectivity index (χ4v) is 3.94. The molecule has 3 heterocycles. The summed E-state index contributed by atoms with van der Waals surface area (Å²) in [6.07, 6.45) is 3.74. The molecule has 2 saturated heterocycles. The minimum Gasteiger partial charge on any atom is -0.492 e. The lowest BCUT2D eigenvalue weighted by Crippen LogP contribution is -2.68. The van der Waals surface area contributed by atoms with Crippen LogP contribution in [0.2, 0.25) is 0 Å². The Hall–Kier alpha value is -1.39. The predicted octanol–water partition coefficient (Wildman–Crippen LogP) is 1.40. The van der Waals surface area contributed by atoms with Crippen LogP contribution in [0.25, 0.3) is 0 Å². The Labute approximate surface area is 131 Å². The molecule has 0 aliphatic carbocycles. The molecule has 0 N–H and O–H groups in total. The average molecular weight is 352 g/mol. The van der Waals surface area contributed by atoms with E-state index in [1.807, 2.05) is 0 Å². The van der Waals surface area contributed by atoms with E-state index in [0.717, 1.165) is 0 Å². The topological polar surface area (TPSA) is 68.7 Å². The van der Waals surface area contributed by atoms with Crippen LogP contribution in [0.3, 0.4) is 0 Å². The highest BCUT2D eigenvalue weighted by Gasteiger charge is 2.62. The zero-order valence-electron chi connectivity index (χ0n) is 12.0. The summed E-state index contributed by atoms with van der Waals surface area (Å²) in [5.41, 5.74) is -6.17. The summed E-state index contributed by atoms with van der Waals surface area (Å²) >= 11 is 0. The van der Waals surface area contributed by atoms with Gasteiger partial charge in [-0.3, -0.25) is 4.98 Å². The van der Waals surface area contributed by atoms with Crippen molar-refractivity contribution >= 4 is 10.0 Å². The monoisotopic (exact) mass is 352 g/mol. The fraction of sp³-hybridized carbons (Fsp3) is 0.615. The number of ether oxygens (including phenoxy) is 2. The van der Waals surface area contributed by atoms with Crippen molar-refractivity contribution in [1.29, 1.82) is 0 Å². The summed E-state index contributed by atoms with van der Waals surface area (Å²) in [7, 11) is -5.29. The van der Waals surface area contributed by atoms with Crippen LogP contribution >= 0.6 is 0 Å². The molecule has 6 nitrogen and oxygen atoms in total. The van der Waals surface area contributed by atoms with Crippen molar-refractivity contribution in [3.63, 3.8) is 0 Å². The number of hydrogen-bond acceptors (Lipinski definition) is 5. The maximum atomic E-state index is 12.5. The van der Waals surface area contributed by atoms with E-state index in [4.69, 9.17) is 9.47 Å². The van der Waals surface area contributed by atoms with E-state index < -0.39 is 21.1 Å². The van der Waals surface area contributed by atoms with Gasteiger partial charge < -0.3 is 9.47 Å². The van der Waals surface area contributed by atoms with Crippen LogP contribution in [-0.4, -0.2) is 55.1 Å². The quantitative estimate of drug-likeness (QED) is 0.819. The van der Waals surface area contributed by atoms with Crippen LogP contribution in [-0.2, 0) is 14.8 Å². The van der Waals surface area contributed by atoms with Crippen molar-refractivity contribution in [2.45, 2.75) is 17.5 Å². The number of pyridine rings is 1. The van der Waals surface area contributed by atoms with Gasteiger partial charge in [-0.15, -0.1) is 0 Å². The molecule has 0 amide bonds. The van der Waals surface area contributed by atoms with E-state index >= 15 is 0 Å². The SMILES string of the molecule is O=S(=O)(N1CC2(C1)OCCC2COc1cccnc1)C(F)(F)F. The summed E-state index contributed by atoms with van der Waals surface area (Å²) in [5, 5.41) is 0. The number of halogens is 3. The Balaban J connectivity index is 1.63. The van der Waals surface area contributed by atoms with E-state index in [2.05, 4.69) is 4.98 Å². The van der Waals surface area contributed by atoms with Gasteiger partial charge in [0.05, 0.1) is 12.8 Å². The standard InChI is InChI=1S/C13H15F3N2O4S/c14-13(15,16)23(19,20)18-8-12(9-18)10(3-5-22-12)7-21-11-2-1-4-17-6-11/h1-2,4,6,10H,3,5,7-9H2. The second-order valence-electron chi connectivity index (χ2n) is 5.62. The fourth-order valence-electron chi connectivity index (χ4n) is 2.87. The van der Waals surface area contributed by atoms with Crippen LogP contribution in [0.4, 0.5) is 13.2 Å². The first-order valence-electron chi connectivity index (χ1n) is 6.98. The molecule has 1 aromatic rings. The van der Waals surface area contributed by atoms with Crippen molar-refractivity contribution in [3.05, 3.63) is 24.5 Å². The Bertz CT molecular complexity index is 660. The van der Waals surface area contributed by atoms with Crippen LogP contribution < -0.4 is 4.74 Å². The molecule has 0 aromatic carbocycles. The third kappa shape index (κ3) is 2.90. The Morgan fingerprint density at radius 1 is 1.43 bits per heavy atom. The summed E-state index contributed by atoms with van der Waals surface area (Å²) in [6, 6.07) is 3.42. The summed E-state index contributed by atoms with van der Waals surface area (Å²) < 4.78 is 71.9. The lowest BCUT2D eigenvalue weighted by Gasteiger charge is -2.48. The highest BCUT2D eigenvalue weighted by atomic mass is 32.2. The Kier molecular flexibility index (Phi) is 4.01. The number of aromatic nitrogens is 1. The highest BCUT2D eigenvalue weighted by Crippen LogP contribution is 2.43. The largest absolute Gasteiger partial charge is 0.511 e. The number of hydrogen-bond donors (Lipinski definition) is 0. The molecule has 3 rings (SSSR count). The minimum atomic E-state index is -5.29. The molecule has 0 radical (unpaired) electrons. The molecule has 23 heavy (non-hydrogen) atoms. The van der Waals surface area contributed by atoms with Gasteiger partial charge in [0.1, 0.15) is 11.4 Å². The second kappa shape index (κ2) is 5.60. The van der Waals surface area contributed by atoms with E-state index in [1.165, 1.54) is 6.20 Å². The van der Waals surface area contributed by atoms with Crippen LogP contribution in [0.1, 0.15) is 6.42 Å². The third-order valence-corrected chi connectivity index (χ3v) is 5.73. The van der Waals surface area contributed by atoms with E-state index in [0.29, 0.717) is 23.1 Å². The third-order valence-electron chi connectivity index (χ3n) is 4.21. The zero-order valence-corrected chi connectivity index (χ0v) is 12.8. The van der Waals surface area contributed by atoms with Crippen LogP contribution in [0.5, 0.6) is 5.75 Å². The van der Waals surface area contributed by atoms with Crippen LogP contribution in [0, 0.1) is 5.92 Å². The molecular formula is C13H15F3N2O4S. The van der Waals surface area contributed by atoms with Gasteiger partial charge in [-0.05, 0) is 18.6 Å². The highest BCUT2D eigenvalue weighted by molar-refractivity contribution is 7.90. The number of rotatable bonds is 4. The van der Waals surface area contributed by atoms with Gasteiger partial charge in [0.15, 0.2) is 0 Å². The molecule has 2 fully saturated rings. The van der Waals surface area contributed by atoms with Gasteiger partial charge >= 0.3 is 15.5 Å².